The molecule has 2 aromatic rings. The van der Waals surface area contributed by atoms with E-state index < -0.39 is 11.9 Å². The van der Waals surface area contributed by atoms with Crippen molar-refractivity contribution in [3.8, 4) is 11.5 Å². The average Bonchev–Trinajstić information content (AvgIpc) is 2.40. The number of aromatic carboxylic acids is 2. The van der Waals surface area contributed by atoms with E-state index in [2.05, 4.69) is 0 Å². The van der Waals surface area contributed by atoms with Crippen molar-refractivity contribution in [1.29, 1.82) is 0 Å². The van der Waals surface area contributed by atoms with Gasteiger partial charge in [-0.2, -0.15) is 0 Å². The van der Waals surface area contributed by atoms with E-state index in [1.807, 2.05) is 0 Å². The molecule has 0 fully saturated rings. The molecule has 0 saturated heterocycles. The molecule has 0 radical (unpaired) electrons. The minimum absolute atomic E-state index is 0. The Labute approximate surface area is 164 Å². The zero-order chi connectivity index (χ0) is 15.1. The van der Waals surface area contributed by atoms with Crippen molar-refractivity contribution < 1.29 is 30.0 Å². The first-order valence-corrected chi connectivity index (χ1v) is 5.46. The monoisotopic (exact) mass is 700 g/mol. The van der Waals surface area contributed by atoms with Gasteiger partial charge in [0.1, 0.15) is 22.6 Å². The number of carboxylic acid groups (broad SMARTS) is 2. The van der Waals surface area contributed by atoms with Gasteiger partial charge in [-0.05, 0) is 24.3 Å². The number of rotatable bonds is 2. The first-order valence-electron chi connectivity index (χ1n) is 5.46. The Morgan fingerprint density at radius 3 is 1.09 bits per heavy atom. The van der Waals surface area contributed by atoms with Gasteiger partial charge in [-0.1, -0.05) is 24.3 Å². The van der Waals surface area contributed by atoms with Crippen LogP contribution in [0.15, 0.2) is 48.5 Å². The van der Waals surface area contributed by atoms with E-state index in [-0.39, 0.29) is 75.0 Å². The molecule has 0 amide bonds. The first kappa shape index (κ1) is 23.0. The molecule has 0 unspecified atom stereocenters. The fraction of sp³-hybridized carbons (Fsp3) is 0. The molecular weight excluding hydrogens is 682 g/mol. The molecule has 0 atom stereocenters. The SMILES string of the molecule is O=C(O)c1ccccc1O.O=C(O)c1ccccc1O.[BiH3].[BiH3]. The second-order valence-electron chi connectivity index (χ2n) is 3.64. The first-order chi connectivity index (χ1) is 9.43. The average molecular weight is 700 g/mol. The van der Waals surface area contributed by atoms with Crippen LogP contribution < -0.4 is 0 Å². The standard InChI is InChI=1S/2C7H6O3.2Bi.6H/c2*8-6-4-2-1-3-5(6)7(9)10;;;;;;;;/h2*1-4,8H,(H,9,10);;;;;;;;. The summed E-state index contributed by atoms with van der Waals surface area (Å²) >= 11 is 0. The van der Waals surface area contributed by atoms with Crippen LogP contribution in [0.2, 0.25) is 0 Å². The van der Waals surface area contributed by atoms with Crippen LogP contribution in [0.3, 0.4) is 0 Å². The van der Waals surface area contributed by atoms with Crippen molar-refractivity contribution in [2.75, 3.05) is 0 Å². The predicted molar refractivity (Wildman–Crippen MR) is 90.0 cm³/mol. The van der Waals surface area contributed by atoms with E-state index in [0.717, 1.165) is 0 Å². The topological polar surface area (TPSA) is 115 Å². The number of benzene rings is 2. The van der Waals surface area contributed by atoms with Crippen LogP contribution in [-0.4, -0.2) is 84.8 Å². The molecule has 0 heterocycles. The van der Waals surface area contributed by atoms with Gasteiger partial charge < -0.3 is 20.4 Å². The van der Waals surface area contributed by atoms with Crippen LogP contribution in [0.1, 0.15) is 20.7 Å². The number of phenols is 2. The summed E-state index contributed by atoms with van der Waals surface area (Å²) in [5, 5.41) is 34.6. The molecule has 2 aromatic carbocycles. The zero-order valence-electron chi connectivity index (χ0n) is 11.6. The van der Waals surface area contributed by atoms with Gasteiger partial charge in [-0.15, -0.1) is 0 Å². The van der Waals surface area contributed by atoms with E-state index in [4.69, 9.17) is 20.4 Å². The van der Waals surface area contributed by atoms with E-state index in [9.17, 15) is 9.59 Å². The molecule has 0 aliphatic heterocycles. The second kappa shape index (κ2) is 11.3. The Bertz CT molecular complexity index is 575. The molecule has 0 saturated carbocycles. The van der Waals surface area contributed by atoms with E-state index in [1.54, 1.807) is 24.3 Å². The third-order valence-corrected chi connectivity index (χ3v) is 2.27. The molecule has 0 aromatic heterocycles. The number of aromatic hydroxyl groups is 2. The summed E-state index contributed by atoms with van der Waals surface area (Å²) in [6.07, 6.45) is 0. The Balaban J connectivity index is 0. The summed E-state index contributed by atoms with van der Waals surface area (Å²) in [7, 11) is 0. The Hall–Kier alpha value is -1.25. The summed E-state index contributed by atoms with van der Waals surface area (Å²) in [5.74, 6) is -2.62. The third kappa shape index (κ3) is 7.14. The predicted octanol–water partition coefficient (Wildman–Crippen LogP) is -0.187. The van der Waals surface area contributed by atoms with Crippen molar-refractivity contribution in [1.82, 2.24) is 0 Å². The summed E-state index contributed by atoms with van der Waals surface area (Å²) in [5.41, 5.74) is -0.134. The van der Waals surface area contributed by atoms with Crippen LogP contribution in [0.5, 0.6) is 11.5 Å². The van der Waals surface area contributed by atoms with Crippen molar-refractivity contribution in [3.63, 3.8) is 0 Å². The summed E-state index contributed by atoms with van der Waals surface area (Å²) < 4.78 is 0. The number of carboxylic acids is 2. The zero-order valence-corrected chi connectivity index (χ0v) is 22.6. The Kier molecular flexibility index (Phi) is 11.9. The molecule has 120 valence electrons. The van der Waals surface area contributed by atoms with Gasteiger partial charge in [0.05, 0.1) is 0 Å². The normalized spacial score (nSPS) is 8.36. The van der Waals surface area contributed by atoms with Crippen LogP contribution >= 0.6 is 0 Å². The molecule has 4 N–H and O–H groups in total. The second-order valence-corrected chi connectivity index (χ2v) is 3.64. The Morgan fingerprint density at radius 2 is 0.909 bits per heavy atom. The molecule has 0 spiro atoms. The fourth-order valence-electron chi connectivity index (χ4n) is 1.31. The van der Waals surface area contributed by atoms with Gasteiger partial charge >= 0.3 is 64.3 Å². The summed E-state index contributed by atoms with van der Waals surface area (Å²) in [6, 6.07) is 11.6. The van der Waals surface area contributed by atoms with Crippen LogP contribution in [0, 0.1) is 0 Å². The van der Waals surface area contributed by atoms with Crippen molar-refractivity contribution in [2.24, 2.45) is 0 Å². The van der Waals surface area contributed by atoms with Gasteiger partial charge in [0, 0.05) is 0 Å². The number of hydrogen-bond donors (Lipinski definition) is 4. The van der Waals surface area contributed by atoms with Gasteiger partial charge in [0.2, 0.25) is 0 Å². The quantitative estimate of drug-likeness (QED) is 0.324. The van der Waals surface area contributed by atoms with Crippen molar-refractivity contribution >= 4 is 64.3 Å². The van der Waals surface area contributed by atoms with Crippen LogP contribution in [0.4, 0.5) is 0 Å². The number of hydrogen-bond acceptors (Lipinski definition) is 4. The minimum atomic E-state index is -1.11. The molecule has 0 aliphatic rings. The number of para-hydroxylation sites is 2. The van der Waals surface area contributed by atoms with Crippen LogP contribution in [-0.2, 0) is 0 Å². The van der Waals surface area contributed by atoms with Gasteiger partial charge in [-0.3, -0.25) is 0 Å². The van der Waals surface area contributed by atoms with Crippen LogP contribution in [0.25, 0.3) is 0 Å². The van der Waals surface area contributed by atoms with Crippen molar-refractivity contribution in [2.45, 2.75) is 0 Å². The Morgan fingerprint density at radius 1 is 0.636 bits per heavy atom. The molecule has 0 aliphatic carbocycles. The molecule has 0 bridgehead atoms. The molecule has 22 heavy (non-hydrogen) atoms. The number of carbonyl (C=O) groups is 2. The van der Waals surface area contributed by atoms with Gasteiger partial charge in [0.15, 0.2) is 0 Å². The molecule has 6 nitrogen and oxygen atoms in total. The molecule has 8 heteroatoms. The van der Waals surface area contributed by atoms with E-state index in [0.29, 0.717) is 0 Å². The molecule has 2 rings (SSSR count). The van der Waals surface area contributed by atoms with Gasteiger partial charge in [0.25, 0.3) is 0 Å². The van der Waals surface area contributed by atoms with Crippen molar-refractivity contribution in [3.05, 3.63) is 59.7 Å². The summed E-state index contributed by atoms with van der Waals surface area (Å²) in [6.45, 7) is 0. The van der Waals surface area contributed by atoms with E-state index >= 15 is 0 Å². The fourth-order valence-corrected chi connectivity index (χ4v) is 1.31. The maximum absolute atomic E-state index is 10.3. The van der Waals surface area contributed by atoms with Gasteiger partial charge in [-0.25, -0.2) is 9.59 Å². The third-order valence-electron chi connectivity index (χ3n) is 2.27. The maximum atomic E-state index is 10.3. The summed E-state index contributed by atoms with van der Waals surface area (Å²) in [4.78, 5) is 20.5. The molecular formula is C14H18Bi2O6. The van der Waals surface area contributed by atoms with E-state index in [1.165, 1.54) is 24.3 Å².